The average molecular weight is 1510 g/mol. The van der Waals surface area contributed by atoms with E-state index in [1.165, 1.54) is 6.92 Å². The second-order valence-electron chi connectivity index (χ2n) is 24.3. The van der Waals surface area contributed by atoms with Crippen molar-refractivity contribution in [1.82, 2.24) is 50.5 Å². The molecule has 5 rings (SSSR count). The summed E-state index contributed by atoms with van der Waals surface area (Å²) < 4.78 is 45.9. The van der Waals surface area contributed by atoms with Gasteiger partial charge in [-0.3, -0.25) is 47.9 Å². The summed E-state index contributed by atoms with van der Waals surface area (Å²) in [7, 11) is 0.0205. The Kier molecular flexibility index (Phi) is 47.8. The van der Waals surface area contributed by atoms with E-state index < -0.39 is 55.5 Å². The molecule has 2 aliphatic heterocycles. The first-order valence-electron chi connectivity index (χ1n) is 34.5. The van der Waals surface area contributed by atoms with Gasteiger partial charge in [-0.25, -0.2) is 9.48 Å². The van der Waals surface area contributed by atoms with Gasteiger partial charge in [-0.05, 0) is 58.3 Å². The van der Waals surface area contributed by atoms with Gasteiger partial charge in [-0.1, -0.05) is 67.9 Å². The monoisotopic (exact) mass is 1510 g/mol. The van der Waals surface area contributed by atoms with Crippen LogP contribution < -0.4 is 20.9 Å². The minimum absolute atomic E-state index is 0.0412. The molecule has 3 heterocycles. The Labute approximate surface area is 610 Å². The van der Waals surface area contributed by atoms with E-state index in [1.54, 1.807) is 18.7 Å². The lowest BCUT2D eigenvalue weighted by Crippen LogP contribution is -2.47. The number of benzene rings is 2. The molecule has 0 spiro atoms. The van der Waals surface area contributed by atoms with Crippen molar-refractivity contribution in [3.63, 3.8) is 0 Å². The van der Waals surface area contributed by atoms with E-state index in [9.17, 15) is 57.7 Å². The second-order valence-corrected chi connectivity index (χ2v) is 26.2. The molecule has 2 aromatic carbocycles. The number of nitrogens with one attached hydrogen (secondary N) is 3. The van der Waals surface area contributed by atoms with E-state index in [0.717, 1.165) is 48.6 Å². The molecule has 105 heavy (non-hydrogen) atoms. The molecule has 4 atom stereocenters. The van der Waals surface area contributed by atoms with E-state index >= 15 is 0 Å². The highest BCUT2D eigenvalue weighted by atomic mass is 31.2. The normalized spacial score (nSPS) is 14.9. The number of amides is 4. The van der Waals surface area contributed by atoms with Crippen LogP contribution in [0.1, 0.15) is 84.1 Å². The Hall–Kier alpha value is -8.44. The molecule has 36 nitrogen and oxygen atoms in total. The fourth-order valence-electron chi connectivity index (χ4n) is 10.5. The fraction of sp³-hybridized carbons (Fsp3) is 0.632. The lowest BCUT2D eigenvalue weighted by molar-refractivity contribution is -0.193. The van der Waals surface area contributed by atoms with Crippen LogP contribution in [0, 0.1) is 11.8 Å². The predicted molar refractivity (Wildman–Crippen MR) is 374 cm³/mol. The molecule has 0 bridgehead atoms. The van der Waals surface area contributed by atoms with Crippen molar-refractivity contribution in [3.05, 3.63) is 54.1 Å². The Bertz CT molecular complexity index is 3250. The maximum Gasteiger partial charge on any atom is 0.373 e. The van der Waals surface area contributed by atoms with Crippen LogP contribution in [-0.2, 0) is 108 Å². The number of ketones is 1. The third-order valence-electron chi connectivity index (χ3n) is 16.1. The summed E-state index contributed by atoms with van der Waals surface area (Å²) in [4.78, 5) is 160. The molecule has 37 heteroatoms. The molecule has 3 unspecified atom stereocenters. The van der Waals surface area contributed by atoms with Crippen molar-refractivity contribution in [2.75, 3.05) is 176 Å². The zero-order valence-electron chi connectivity index (χ0n) is 60.5. The van der Waals surface area contributed by atoms with Gasteiger partial charge >= 0.3 is 43.8 Å². The van der Waals surface area contributed by atoms with Crippen LogP contribution in [0.15, 0.2) is 48.5 Å². The molecule has 0 radical (unpaired) electrons. The number of para-hydroxylation sites is 1. The molecule has 3 aromatic rings. The molecular formula is C68H104N11O25P. The summed E-state index contributed by atoms with van der Waals surface area (Å²) >= 11 is 0. The Balaban J connectivity index is 0.00000113. The summed E-state index contributed by atoms with van der Waals surface area (Å²) in [5, 5.41) is 54.0. The van der Waals surface area contributed by atoms with Gasteiger partial charge in [0.2, 0.25) is 23.6 Å². The molecule has 2 aliphatic rings. The molecule has 0 saturated carbocycles. The number of anilines is 1. The molecule has 1 saturated heterocycles. The van der Waals surface area contributed by atoms with E-state index in [-0.39, 0.29) is 126 Å². The number of aliphatic carboxylic acids is 4. The highest BCUT2D eigenvalue weighted by Gasteiger charge is 2.32. The Morgan fingerprint density at radius 3 is 1.61 bits per heavy atom. The smallest absolute Gasteiger partial charge is 0.373 e. The van der Waals surface area contributed by atoms with E-state index in [2.05, 4.69) is 55.1 Å². The first-order chi connectivity index (χ1) is 50.2. The van der Waals surface area contributed by atoms with Crippen molar-refractivity contribution in [1.29, 1.82) is 0 Å². The Morgan fingerprint density at radius 1 is 0.590 bits per heavy atom. The number of carbonyl (C=O) groups excluding carboxylic acids is 9. The van der Waals surface area contributed by atoms with Crippen molar-refractivity contribution < 1.29 is 120 Å². The molecule has 0 aliphatic carbocycles. The van der Waals surface area contributed by atoms with Crippen LogP contribution in [0.2, 0.25) is 0 Å². The van der Waals surface area contributed by atoms with Gasteiger partial charge in [0.25, 0.3) is 0 Å². The average Bonchev–Trinajstić information content (AvgIpc) is 1.72. The SMILES string of the molecule is CCCC(CP(=O)(O)OCCC(CC(C)=O)C(=O)O)C(=O)O.CC[C@@H](NC(=O)CCOCCOCCOCCOCCOCCC(=O)NCCC(=O)N1Cc2ccccc2-c2c(nnn2CCCNC(=O)CN2CCN(C)CCN(C)CCN(CC(=O)O)CC2)-c2ccccc21)C(=O)O.O=C=O.O=C=O. The van der Waals surface area contributed by atoms with Crippen molar-refractivity contribution in [2.45, 2.75) is 97.7 Å². The summed E-state index contributed by atoms with van der Waals surface area (Å²) in [6, 6.07) is 14.6. The maximum atomic E-state index is 14.0. The number of aromatic nitrogens is 3. The number of aryl methyl sites for hydroxylation is 1. The van der Waals surface area contributed by atoms with Gasteiger partial charge in [0.05, 0.1) is 122 Å². The molecule has 586 valence electrons. The summed E-state index contributed by atoms with van der Waals surface area (Å²) in [6.45, 7) is 14.7. The number of Topliss-reactive ketones (excluding diaryl/α,β-unsaturated/α-hetero) is 1. The lowest BCUT2D eigenvalue weighted by atomic mass is 9.95. The standard InChI is InChI=1S/C53H81N11O13.C13H23O8P.2CO2/c1-4-44(53(71)72)56-47(66)16-29-74-31-33-76-35-37-77-36-34-75-32-30-73-28-15-46(65)55-18-14-49(68)63-38-41-10-5-6-11-42(41)52-51(43-12-7-8-13-45(43)63)57-58-64(52)19-9-17-54-48(67)39-61-24-22-59(2)20-21-60(3)23-25-62(27-26-61)40-50(69)70;1-3-4-11(13(17)18)8-22(19,20)21-6-5-10(12(15)16)7-9(2)14;2*2-1-3/h5-8,10-13,44H,4,9,14-40H2,1-3H3,(H,54,67)(H,55,65)(H,56,66)(H,69,70)(H,71,72);10-11H,3-8H2,1-2H3,(H,15,16)(H,17,18)(H,19,20);;/t44-;;;/m1.../s1. The minimum Gasteiger partial charge on any atom is -0.481 e. The predicted octanol–water partition coefficient (Wildman–Crippen LogP) is 1.47. The molecule has 1 aromatic heterocycles. The van der Waals surface area contributed by atoms with Crippen LogP contribution in [0.4, 0.5) is 5.69 Å². The number of hydrogen-bond acceptors (Lipinski definition) is 26. The van der Waals surface area contributed by atoms with Crippen molar-refractivity contribution in [2.24, 2.45) is 11.8 Å². The zero-order chi connectivity index (χ0) is 78.0. The van der Waals surface area contributed by atoms with Crippen molar-refractivity contribution in [3.8, 4) is 22.5 Å². The second kappa shape index (κ2) is 54.2. The van der Waals surface area contributed by atoms with Crippen LogP contribution in [-0.4, -0.2) is 303 Å². The highest BCUT2D eigenvalue weighted by Crippen LogP contribution is 2.45. The van der Waals surface area contributed by atoms with Crippen molar-refractivity contribution >= 4 is 78.9 Å². The lowest BCUT2D eigenvalue weighted by Gasteiger charge is -2.31. The van der Waals surface area contributed by atoms with Crippen LogP contribution in [0.3, 0.4) is 0 Å². The van der Waals surface area contributed by atoms with E-state index in [4.69, 9.17) is 62.7 Å². The molecule has 4 amide bonds. The number of nitrogens with zero attached hydrogens (tertiary/aromatic N) is 8. The minimum atomic E-state index is -4.11. The van der Waals surface area contributed by atoms with Gasteiger partial charge < -0.3 is 89.0 Å². The van der Waals surface area contributed by atoms with E-state index in [0.29, 0.717) is 123 Å². The van der Waals surface area contributed by atoms with E-state index in [1.807, 2.05) is 58.1 Å². The summed E-state index contributed by atoms with van der Waals surface area (Å²) in [6.07, 6.45) is 1.68. The zero-order valence-corrected chi connectivity index (χ0v) is 61.4. The van der Waals surface area contributed by atoms with Gasteiger partial charge in [-0.2, -0.15) is 19.2 Å². The maximum absolute atomic E-state index is 14.0. The first-order valence-corrected chi connectivity index (χ1v) is 36.3. The van der Waals surface area contributed by atoms with Gasteiger partial charge in [0, 0.05) is 109 Å². The number of carboxylic acid groups (broad SMARTS) is 4. The number of ether oxygens (including phenoxy) is 5. The molecular weight excluding hydrogens is 1400 g/mol. The third kappa shape index (κ3) is 40.0. The number of carbonyl (C=O) groups is 9. The molecule has 1 fully saturated rings. The van der Waals surface area contributed by atoms with Gasteiger partial charge in [0.15, 0.2) is 0 Å². The van der Waals surface area contributed by atoms with Crippen LogP contribution in [0.5, 0.6) is 0 Å². The topological polar surface area (TPSA) is 479 Å². The number of rotatable bonds is 44. The fourth-order valence-corrected chi connectivity index (χ4v) is 11.9. The highest BCUT2D eigenvalue weighted by molar-refractivity contribution is 7.52. The number of hydrogen-bond donors (Lipinski definition) is 8. The summed E-state index contributed by atoms with van der Waals surface area (Å²) in [5.74, 6) is -7.41. The quantitative estimate of drug-likeness (QED) is 0.0293. The number of carboxylic acids is 4. The van der Waals surface area contributed by atoms with Crippen LogP contribution >= 0.6 is 7.60 Å². The number of likely N-dealkylation sites (N-methyl/N-ethyl adjacent to an activating group) is 2. The van der Waals surface area contributed by atoms with Crippen LogP contribution in [0.25, 0.3) is 22.5 Å². The molecule has 8 N–H and O–H groups in total. The largest absolute Gasteiger partial charge is 0.481 e. The third-order valence-corrected chi connectivity index (χ3v) is 17.6. The Morgan fingerprint density at radius 2 is 1.09 bits per heavy atom. The van der Waals surface area contributed by atoms with Gasteiger partial charge in [0.1, 0.15) is 17.5 Å². The summed E-state index contributed by atoms with van der Waals surface area (Å²) in [5.41, 5.74) is 4.70. The van der Waals surface area contributed by atoms with Gasteiger partial charge in [-0.15, -0.1) is 5.10 Å². The number of fused-ring (bicyclic) bond motifs is 5. The first kappa shape index (κ1) is 92.6.